The molecule has 0 aliphatic heterocycles. The number of benzene rings is 2. The van der Waals surface area contributed by atoms with Gasteiger partial charge in [0.05, 0.1) is 5.38 Å². The lowest BCUT2D eigenvalue weighted by molar-refractivity contribution is 0.507. The molecule has 0 aliphatic rings. The van der Waals surface area contributed by atoms with Crippen molar-refractivity contribution in [3.63, 3.8) is 0 Å². The summed E-state index contributed by atoms with van der Waals surface area (Å²) < 4.78 is 26.8. The molecule has 2 aromatic carbocycles. The topological polar surface area (TPSA) is 0 Å². The molecule has 94 valence electrons. The van der Waals surface area contributed by atoms with Crippen molar-refractivity contribution in [1.82, 2.24) is 0 Å². The lowest BCUT2D eigenvalue weighted by atomic mass is 10.0. The fourth-order valence-corrected chi connectivity index (χ4v) is 2.54. The third kappa shape index (κ3) is 2.85. The van der Waals surface area contributed by atoms with Crippen LogP contribution in [0.4, 0.5) is 8.78 Å². The second-order valence-corrected chi connectivity index (χ2v) is 5.46. The third-order valence-electron chi connectivity index (χ3n) is 2.47. The number of hydrogen-bond donors (Lipinski definition) is 0. The zero-order valence-corrected chi connectivity index (χ0v) is 12.0. The van der Waals surface area contributed by atoms with Gasteiger partial charge in [0.2, 0.25) is 0 Å². The van der Waals surface area contributed by atoms with Gasteiger partial charge < -0.3 is 0 Å². The highest BCUT2D eigenvalue weighted by molar-refractivity contribution is 9.10. The molecule has 0 saturated carbocycles. The van der Waals surface area contributed by atoms with Crippen LogP contribution >= 0.6 is 39.1 Å². The van der Waals surface area contributed by atoms with Gasteiger partial charge in [-0.05, 0) is 41.5 Å². The van der Waals surface area contributed by atoms with E-state index in [4.69, 9.17) is 23.2 Å². The first kappa shape index (κ1) is 13.8. The Bertz CT molecular complexity index is 587. The molecule has 0 N–H and O–H groups in total. The van der Waals surface area contributed by atoms with Gasteiger partial charge in [-0.15, -0.1) is 11.6 Å². The van der Waals surface area contributed by atoms with Gasteiger partial charge in [-0.25, -0.2) is 8.78 Å². The second kappa shape index (κ2) is 5.55. The van der Waals surface area contributed by atoms with E-state index in [1.807, 2.05) is 0 Å². The summed E-state index contributed by atoms with van der Waals surface area (Å²) in [7, 11) is 0. The molecule has 2 rings (SSSR count). The van der Waals surface area contributed by atoms with Gasteiger partial charge in [-0.3, -0.25) is 0 Å². The lowest BCUT2D eigenvalue weighted by Gasteiger charge is -2.13. The molecule has 0 nitrogen and oxygen atoms in total. The molecule has 0 amide bonds. The first-order chi connectivity index (χ1) is 8.49. The predicted octanol–water partition coefficient (Wildman–Crippen LogP) is 5.71. The van der Waals surface area contributed by atoms with Crippen LogP contribution in [0, 0.1) is 11.6 Å². The molecule has 0 bridgehead atoms. The molecule has 5 heteroatoms. The van der Waals surface area contributed by atoms with Crippen LogP contribution in [0.25, 0.3) is 0 Å². The molecule has 1 atom stereocenters. The summed E-state index contributed by atoms with van der Waals surface area (Å²) in [5, 5.41) is -0.159. The van der Waals surface area contributed by atoms with Crippen molar-refractivity contribution in [2.75, 3.05) is 0 Å². The normalized spacial score (nSPS) is 12.5. The summed E-state index contributed by atoms with van der Waals surface area (Å²) in [4.78, 5) is 0. The zero-order chi connectivity index (χ0) is 13.3. The smallest absolute Gasteiger partial charge is 0.159 e. The molecule has 18 heavy (non-hydrogen) atoms. The average Bonchev–Trinajstić information content (AvgIpc) is 2.35. The Hall–Kier alpha value is -0.640. The monoisotopic (exact) mass is 350 g/mol. The minimum atomic E-state index is -0.927. The molecule has 0 radical (unpaired) electrons. The first-order valence-electron chi connectivity index (χ1n) is 5.03. The van der Waals surface area contributed by atoms with Crippen LogP contribution in [0.3, 0.4) is 0 Å². The summed E-state index contributed by atoms with van der Waals surface area (Å²) in [6.45, 7) is 0. The van der Waals surface area contributed by atoms with E-state index in [1.54, 1.807) is 18.2 Å². The van der Waals surface area contributed by atoms with E-state index < -0.39 is 17.0 Å². The average molecular weight is 352 g/mol. The maximum atomic E-state index is 13.2. The van der Waals surface area contributed by atoms with Crippen LogP contribution < -0.4 is 0 Å². The summed E-state index contributed by atoms with van der Waals surface area (Å²) in [6.07, 6.45) is 0. The predicted molar refractivity (Wildman–Crippen MR) is 73.2 cm³/mol. The van der Waals surface area contributed by atoms with Crippen LogP contribution in [0.2, 0.25) is 5.02 Å². The van der Waals surface area contributed by atoms with Gasteiger partial charge in [-0.2, -0.15) is 0 Å². The number of alkyl halides is 1. The molecular weight excluding hydrogens is 345 g/mol. The Labute approximate surface area is 122 Å². The van der Waals surface area contributed by atoms with Crippen molar-refractivity contribution < 1.29 is 8.78 Å². The summed E-state index contributed by atoms with van der Waals surface area (Å²) in [5.41, 5.74) is 1.09. The standard InChI is InChI=1S/C13H7BrCl2F2/c14-8-2-3-10(15)9(6-8)13(16)7-1-4-11(17)12(18)5-7/h1-6,13H. The van der Waals surface area contributed by atoms with Crippen LogP contribution in [0.15, 0.2) is 40.9 Å². The van der Waals surface area contributed by atoms with Crippen molar-refractivity contribution in [2.45, 2.75) is 5.38 Å². The lowest BCUT2D eigenvalue weighted by Crippen LogP contribution is -1.96. The van der Waals surface area contributed by atoms with Gasteiger partial charge in [0, 0.05) is 9.50 Å². The largest absolute Gasteiger partial charge is 0.204 e. The van der Waals surface area contributed by atoms with Crippen LogP contribution in [-0.2, 0) is 0 Å². The SMILES string of the molecule is Fc1ccc(C(Cl)c2cc(Br)ccc2Cl)cc1F. The summed E-state index contributed by atoms with van der Waals surface area (Å²) in [6, 6.07) is 8.78. The Balaban J connectivity index is 2.44. The molecule has 1 unspecified atom stereocenters. The summed E-state index contributed by atoms with van der Waals surface area (Å²) >= 11 is 15.6. The van der Waals surface area contributed by atoms with E-state index in [0.29, 0.717) is 16.1 Å². The van der Waals surface area contributed by atoms with Crippen molar-refractivity contribution >= 4 is 39.1 Å². The van der Waals surface area contributed by atoms with E-state index in [1.165, 1.54) is 6.07 Å². The fourth-order valence-electron chi connectivity index (χ4n) is 1.56. The van der Waals surface area contributed by atoms with E-state index in [0.717, 1.165) is 16.6 Å². The van der Waals surface area contributed by atoms with Gasteiger partial charge in [0.25, 0.3) is 0 Å². The van der Waals surface area contributed by atoms with Crippen molar-refractivity contribution in [1.29, 1.82) is 0 Å². The molecule has 2 aromatic rings. The Kier molecular flexibility index (Phi) is 4.25. The van der Waals surface area contributed by atoms with Gasteiger partial charge in [0.1, 0.15) is 0 Å². The van der Waals surface area contributed by atoms with Crippen molar-refractivity contribution in [2.24, 2.45) is 0 Å². The van der Waals surface area contributed by atoms with Crippen molar-refractivity contribution in [3.05, 3.63) is 68.7 Å². The van der Waals surface area contributed by atoms with E-state index >= 15 is 0 Å². The van der Waals surface area contributed by atoms with Gasteiger partial charge in [-0.1, -0.05) is 33.6 Å². The minimum Gasteiger partial charge on any atom is -0.204 e. The highest BCUT2D eigenvalue weighted by Crippen LogP contribution is 2.35. The highest BCUT2D eigenvalue weighted by Gasteiger charge is 2.16. The fraction of sp³-hybridized carbons (Fsp3) is 0.0769. The van der Waals surface area contributed by atoms with Gasteiger partial charge >= 0.3 is 0 Å². The van der Waals surface area contributed by atoms with Crippen LogP contribution in [0.1, 0.15) is 16.5 Å². The zero-order valence-electron chi connectivity index (χ0n) is 8.93. The number of rotatable bonds is 2. The number of hydrogen-bond acceptors (Lipinski definition) is 0. The Morgan fingerprint density at radius 1 is 1.00 bits per heavy atom. The molecular formula is C13H7BrCl2F2. The molecule has 0 spiro atoms. The van der Waals surface area contributed by atoms with E-state index in [-0.39, 0.29) is 0 Å². The number of halogens is 5. The first-order valence-corrected chi connectivity index (χ1v) is 6.63. The van der Waals surface area contributed by atoms with Gasteiger partial charge in [0.15, 0.2) is 11.6 Å². The Morgan fingerprint density at radius 3 is 2.39 bits per heavy atom. The second-order valence-electron chi connectivity index (χ2n) is 3.70. The highest BCUT2D eigenvalue weighted by atomic mass is 79.9. The molecule has 0 saturated heterocycles. The molecule has 0 aliphatic carbocycles. The third-order valence-corrected chi connectivity index (χ3v) is 3.79. The molecule has 0 heterocycles. The Morgan fingerprint density at radius 2 is 1.72 bits per heavy atom. The molecule has 0 fully saturated rings. The minimum absolute atomic E-state index is 0.454. The van der Waals surface area contributed by atoms with Crippen molar-refractivity contribution in [3.8, 4) is 0 Å². The molecule has 0 aromatic heterocycles. The maximum Gasteiger partial charge on any atom is 0.159 e. The van der Waals surface area contributed by atoms with E-state index in [9.17, 15) is 8.78 Å². The van der Waals surface area contributed by atoms with Crippen LogP contribution in [-0.4, -0.2) is 0 Å². The van der Waals surface area contributed by atoms with Crippen LogP contribution in [0.5, 0.6) is 0 Å². The quantitative estimate of drug-likeness (QED) is 0.608. The van der Waals surface area contributed by atoms with E-state index in [2.05, 4.69) is 15.9 Å². The maximum absolute atomic E-state index is 13.2. The summed E-state index contributed by atoms with van der Waals surface area (Å²) in [5.74, 6) is -1.83.